The Hall–Kier alpha value is -3.62. The molecule has 164 valence electrons. The maximum absolute atomic E-state index is 12.5. The number of ether oxygens (including phenoxy) is 1. The number of carbonyl (C=O) groups is 1. The SMILES string of the molecule is O=C(/C=C/c1ccc(-c2ccc(Cl)cc2)o1)Nc1ccc([N+](=O)[O-])cc1N1CCOCC1. The van der Waals surface area contributed by atoms with E-state index in [-0.39, 0.29) is 11.6 Å². The predicted octanol–water partition coefficient (Wildman–Crippen LogP) is 5.00. The zero-order valence-electron chi connectivity index (χ0n) is 17.0. The molecule has 0 radical (unpaired) electrons. The summed E-state index contributed by atoms with van der Waals surface area (Å²) >= 11 is 5.91. The van der Waals surface area contributed by atoms with Crippen LogP contribution in [0.15, 0.2) is 65.1 Å². The molecule has 1 N–H and O–H groups in total. The van der Waals surface area contributed by atoms with E-state index >= 15 is 0 Å². The number of carbonyl (C=O) groups excluding carboxylic acids is 1. The normalized spacial score (nSPS) is 14.0. The van der Waals surface area contributed by atoms with Crippen molar-refractivity contribution in [3.05, 3.63) is 81.6 Å². The van der Waals surface area contributed by atoms with Gasteiger partial charge < -0.3 is 19.4 Å². The highest BCUT2D eigenvalue weighted by Crippen LogP contribution is 2.31. The number of halogens is 1. The van der Waals surface area contributed by atoms with Crippen LogP contribution in [0.4, 0.5) is 17.1 Å². The van der Waals surface area contributed by atoms with Crippen LogP contribution in [0.25, 0.3) is 17.4 Å². The number of furan rings is 1. The molecule has 2 heterocycles. The van der Waals surface area contributed by atoms with Crippen LogP contribution in [0.1, 0.15) is 5.76 Å². The average Bonchev–Trinajstić information content (AvgIpc) is 3.28. The molecule has 8 nitrogen and oxygen atoms in total. The molecule has 1 aliphatic heterocycles. The zero-order valence-corrected chi connectivity index (χ0v) is 17.7. The molecule has 1 saturated heterocycles. The minimum atomic E-state index is -0.454. The molecule has 32 heavy (non-hydrogen) atoms. The molecule has 1 fully saturated rings. The van der Waals surface area contributed by atoms with Gasteiger partial charge in [-0.3, -0.25) is 14.9 Å². The number of non-ortho nitro benzene ring substituents is 1. The third kappa shape index (κ3) is 5.16. The van der Waals surface area contributed by atoms with E-state index in [0.717, 1.165) is 5.56 Å². The van der Waals surface area contributed by atoms with Crippen molar-refractivity contribution >= 4 is 40.6 Å². The fourth-order valence-corrected chi connectivity index (χ4v) is 3.48. The number of rotatable bonds is 6. The highest BCUT2D eigenvalue weighted by atomic mass is 35.5. The molecule has 9 heteroatoms. The Bertz CT molecular complexity index is 1150. The molecule has 0 unspecified atom stereocenters. The van der Waals surface area contributed by atoms with Crippen molar-refractivity contribution in [2.75, 3.05) is 36.5 Å². The van der Waals surface area contributed by atoms with Crippen molar-refractivity contribution in [3.63, 3.8) is 0 Å². The fourth-order valence-electron chi connectivity index (χ4n) is 3.35. The molecule has 0 bridgehead atoms. The second-order valence-corrected chi connectivity index (χ2v) is 7.53. The van der Waals surface area contributed by atoms with Crippen LogP contribution in [0.5, 0.6) is 0 Å². The highest BCUT2D eigenvalue weighted by Gasteiger charge is 2.19. The molecular formula is C23H20ClN3O5. The highest BCUT2D eigenvalue weighted by molar-refractivity contribution is 6.30. The molecular weight excluding hydrogens is 434 g/mol. The maximum atomic E-state index is 12.5. The Morgan fingerprint density at radius 3 is 2.56 bits per heavy atom. The predicted molar refractivity (Wildman–Crippen MR) is 123 cm³/mol. The Morgan fingerprint density at radius 1 is 1.09 bits per heavy atom. The number of nitrogens with zero attached hydrogens (tertiary/aromatic N) is 2. The lowest BCUT2D eigenvalue weighted by Gasteiger charge is -2.30. The van der Waals surface area contributed by atoms with Gasteiger partial charge in [0.2, 0.25) is 5.91 Å². The lowest BCUT2D eigenvalue weighted by molar-refractivity contribution is -0.384. The van der Waals surface area contributed by atoms with Gasteiger partial charge in [0.05, 0.1) is 29.5 Å². The molecule has 3 aromatic rings. The summed E-state index contributed by atoms with van der Waals surface area (Å²) in [6.07, 6.45) is 2.92. The lowest BCUT2D eigenvalue weighted by Crippen LogP contribution is -2.36. The van der Waals surface area contributed by atoms with Crippen LogP contribution in [0, 0.1) is 10.1 Å². The van der Waals surface area contributed by atoms with Crippen LogP contribution in [-0.4, -0.2) is 37.1 Å². The third-order valence-corrected chi connectivity index (χ3v) is 5.21. The minimum Gasteiger partial charge on any atom is -0.457 e. The van der Waals surface area contributed by atoms with Crippen LogP contribution in [0.2, 0.25) is 5.02 Å². The van der Waals surface area contributed by atoms with E-state index in [4.69, 9.17) is 20.8 Å². The Balaban J connectivity index is 1.48. The number of amides is 1. The van der Waals surface area contributed by atoms with E-state index in [1.54, 1.807) is 30.3 Å². The zero-order chi connectivity index (χ0) is 22.5. The maximum Gasteiger partial charge on any atom is 0.271 e. The number of nitrogens with one attached hydrogen (secondary N) is 1. The number of nitro benzene ring substituents is 1. The topological polar surface area (TPSA) is 97.8 Å². The number of hydrogen-bond donors (Lipinski definition) is 1. The summed E-state index contributed by atoms with van der Waals surface area (Å²) in [6.45, 7) is 2.20. The Morgan fingerprint density at radius 2 is 1.84 bits per heavy atom. The van der Waals surface area contributed by atoms with Gasteiger partial charge in [0.15, 0.2) is 0 Å². The Labute approximate surface area is 189 Å². The van der Waals surface area contributed by atoms with Crippen molar-refractivity contribution in [1.29, 1.82) is 0 Å². The van der Waals surface area contributed by atoms with Crippen molar-refractivity contribution in [2.24, 2.45) is 0 Å². The van der Waals surface area contributed by atoms with Crippen LogP contribution >= 0.6 is 11.6 Å². The summed E-state index contributed by atoms with van der Waals surface area (Å²) in [7, 11) is 0. The van der Waals surface area contributed by atoms with Gasteiger partial charge in [-0.15, -0.1) is 0 Å². The van der Waals surface area contributed by atoms with Gasteiger partial charge in [0, 0.05) is 41.9 Å². The summed E-state index contributed by atoms with van der Waals surface area (Å²) in [5.74, 6) is 0.798. The summed E-state index contributed by atoms with van der Waals surface area (Å²) in [4.78, 5) is 25.2. The quantitative estimate of drug-likeness (QED) is 0.320. The molecule has 1 aliphatic rings. The number of hydrogen-bond acceptors (Lipinski definition) is 6. The Kier molecular flexibility index (Phi) is 6.53. The van der Waals surface area contributed by atoms with Gasteiger partial charge >= 0.3 is 0 Å². The van der Waals surface area contributed by atoms with E-state index in [1.807, 2.05) is 23.1 Å². The molecule has 1 aromatic heterocycles. The number of nitro groups is 1. The van der Waals surface area contributed by atoms with Crippen molar-refractivity contribution < 1.29 is 18.9 Å². The van der Waals surface area contributed by atoms with E-state index in [9.17, 15) is 14.9 Å². The van der Waals surface area contributed by atoms with Crippen molar-refractivity contribution in [1.82, 2.24) is 0 Å². The van der Waals surface area contributed by atoms with Crippen molar-refractivity contribution in [3.8, 4) is 11.3 Å². The molecule has 4 rings (SSSR count). The van der Waals surface area contributed by atoms with Gasteiger partial charge in [0.1, 0.15) is 11.5 Å². The van der Waals surface area contributed by atoms with Gasteiger partial charge in [-0.1, -0.05) is 11.6 Å². The first-order valence-electron chi connectivity index (χ1n) is 9.95. The molecule has 0 atom stereocenters. The van der Waals surface area contributed by atoms with Crippen LogP contribution in [0.3, 0.4) is 0 Å². The lowest BCUT2D eigenvalue weighted by atomic mass is 10.2. The minimum absolute atomic E-state index is 0.0367. The van der Waals surface area contributed by atoms with E-state index in [0.29, 0.717) is 54.2 Å². The smallest absolute Gasteiger partial charge is 0.271 e. The van der Waals surface area contributed by atoms with Crippen molar-refractivity contribution in [2.45, 2.75) is 0 Å². The van der Waals surface area contributed by atoms with E-state index in [2.05, 4.69) is 5.32 Å². The van der Waals surface area contributed by atoms with Gasteiger partial charge in [-0.05, 0) is 48.5 Å². The molecule has 2 aromatic carbocycles. The molecule has 0 aliphatic carbocycles. The van der Waals surface area contributed by atoms with Gasteiger partial charge in [-0.2, -0.15) is 0 Å². The fraction of sp³-hybridized carbons (Fsp3) is 0.174. The average molecular weight is 454 g/mol. The second kappa shape index (κ2) is 9.67. The summed E-state index contributed by atoms with van der Waals surface area (Å²) in [5, 5.41) is 14.6. The molecule has 0 spiro atoms. The second-order valence-electron chi connectivity index (χ2n) is 7.09. The number of benzene rings is 2. The first-order valence-corrected chi connectivity index (χ1v) is 10.3. The summed E-state index contributed by atoms with van der Waals surface area (Å²) < 4.78 is 11.1. The standard InChI is InChI=1S/C23H20ClN3O5/c24-17-3-1-16(2-4-17)22-9-6-19(32-22)7-10-23(28)25-20-8-5-18(27(29)30)15-21(20)26-11-13-31-14-12-26/h1-10,15H,11-14H2,(H,25,28)/b10-7+. The molecule has 0 saturated carbocycles. The largest absolute Gasteiger partial charge is 0.457 e. The third-order valence-electron chi connectivity index (χ3n) is 4.96. The molecule has 1 amide bonds. The number of morpholine rings is 1. The van der Waals surface area contributed by atoms with Gasteiger partial charge in [0.25, 0.3) is 5.69 Å². The summed E-state index contributed by atoms with van der Waals surface area (Å²) in [5.41, 5.74) is 1.92. The van der Waals surface area contributed by atoms with Crippen LogP contribution in [-0.2, 0) is 9.53 Å². The first kappa shape index (κ1) is 21.6. The monoisotopic (exact) mass is 453 g/mol. The van der Waals surface area contributed by atoms with Gasteiger partial charge in [-0.25, -0.2) is 0 Å². The number of anilines is 2. The van der Waals surface area contributed by atoms with E-state index in [1.165, 1.54) is 18.2 Å². The summed E-state index contributed by atoms with van der Waals surface area (Å²) in [6, 6.07) is 15.2. The van der Waals surface area contributed by atoms with Crippen LogP contribution < -0.4 is 10.2 Å². The first-order chi connectivity index (χ1) is 15.5. The van der Waals surface area contributed by atoms with E-state index < -0.39 is 4.92 Å².